The van der Waals surface area contributed by atoms with Gasteiger partial charge in [-0.3, -0.25) is 0 Å². The summed E-state index contributed by atoms with van der Waals surface area (Å²) in [4.78, 5) is 11.2. The van der Waals surface area contributed by atoms with Gasteiger partial charge in [-0.15, -0.1) is 0 Å². The van der Waals surface area contributed by atoms with Crippen molar-refractivity contribution in [3.8, 4) is 23.5 Å². The smallest absolute Gasteiger partial charge is 0.341 e. The topological polar surface area (TPSA) is 55.8 Å². The second-order valence-electron chi connectivity index (χ2n) is 2.60. The maximum atomic E-state index is 11.2. The van der Waals surface area contributed by atoms with Gasteiger partial charge in [-0.25, -0.2) is 4.79 Å². The number of aromatic hydroxyl groups is 1. The van der Waals surface area contributed by atoms with Crippen LogP contribution in [0.3, 0.4) is 0 Å². The second kappa shape index (κ2) is 4.91. The highest BCUT2D eigenvalue weighted by Gasteiger charge is 2.14. The van der Waals surface area contributed by atoms with Gasteiger partial charge in [0.15, 0.2) is 11.5 Å². The van der Waals surface area contributed by atoms with E-state index >= 15 is 0 Å². The van der Waals surface area contributed by atoms with Crippen LogP contribution < -0.4 is 4.74 Å². The molecular formula is C11H10O4. The van der Waals surface area contributed by atoms with Crippen LogP contribution in [-0.2, 0) is 4.74 Å². The molecule has 0 saturated carbocycles. The third-order valence-electron chi connectivity index (χ3n) is 1.67. The first-order chi connectivity index (χ1) is 7.20. The minimum atomic E-state index is -0.623. The summed E-state index contributed by atoms with van der Waals surface area (Å²) in [5.41, 5.74) is 0.0490. The van der Waals surface area contributed by atoms with Crippen molar-refractivity contribution in [2.45, 2.75) is 6.92 Å². The van der Waals surface area contributed by atoms with E-state index in [9.17, 15) is 9.90 Å². The Morgan fingerprint density at radius 3 is 2.80 bits per heavy atom. The molecule has 1 N–H and O–H groups in total. The third kappa shape index (κ3) is 2.41. The maximum absolute atomic E-state index is 11.2. The average molecular weight is 206 g/mol. The fourth-order valence-corrected chi connectivity index (χ4v) is 0.985. The van der Waals surface area contributed by atoms with E-state index in [4.69, 9.17) is 4.74 Å². The fraction of sp³-hybridized carbons (Fsp3) is 0.182. The molecule has 4 nitrogen and oxygen atoms in total. The van der Waals surface area contributed by atoms with E-state index in [2.05, 4.69) is 16.8 Å². The molecule has 0 aliphatic rings. The SMILES string of the molecule is CC#COc1cccc(C(=O)OC)c1O. The lowest BCUT2D eigenvalue weighted by atomic mass is 10.2. The van der Waals surface area contributed by atoms with Gasteiger partial charge in [0, 0.05) is 6.92 Å². The summed E-state index contributed by atoms with van der Waals surface area (Å²) in [5, 5.41) is 9.62. The maximum Gasteiger partial charge on any atom is 0.341 e. The van der Waals surface area contributed by atoms with E-state index in [0.29, 0.717) is 0 Å². The predicted molar refractivity (Wildman–Crippen MR) is 53.5 cm³/mol. The third-order valence-corrected chi connectivity index (χ3v) is 1.67. The van der Waals surface area contributed by atoms with Crippen molar-refractivity contribution in [2.75, 3.05) is 7.11 Å². The lowest BCUT2D eigenvalue weighted by molar-refractivity contribution is 0.0597. The summed E-state index contributed by atoms with van der Waals surface area (Å²) < 4.78 is 9.39. The summed E-state index contributed by atoms with van der Waals surface area (Å²) >= 11 is 0. The lowest BCUT2D eigenvalue weighted by Crippen LogP contribution is -2.01. The molecule has 1 aromatic rings. The van der Waals surface area contributed by atoms with Crippen LogP contribution in [0.5, 0.6) is 11.5 Å². The number of para-hydroxylation sites is 1. The van der Waals surface area contributed by atoms with Gasteiger partial charge in [0.2, 0.25) is 0 Å². The van der Waals surface area contributed by atoms with E-state index in [1.54, 1.807) is 13.0 Å². The quantitative estimate of drug-likeness (QED) is 0.589. The Bertz CT molecular complexity index is 426. The molecular weight excluding hydrogens is 196 g/mol. The minimum Gasteiger partial charge on any atom is -0.504 e. The van der Waals surface area contributed by atoms with Crippen LogP contribution in [0.15, 0.2) is 18.2 Å². The highest BCUT2D eigenvalue weighted by molar-refractivity contribution is 5.93. The molecule has 0 aromatic heterocycles. The minimum absolute atomic E-state index is 0.0490. The molecule has 15 heavy (non-hydrogen) atoms. The zero-order valence-electron chi connectivity index (χ0n) is 8.40. The summed E-state index contributed by atoms with van der Waals surface area (Å²) in [7, 11) is 1.24. The number of esters is 1. The first kappa shape index (κ1) is 10.9. The number of rotatable bonds is 2. The monoisotopic (exact) mass is 206 g/mol. The van der Waals surface area contributed by atoms with Crippen LogP contribution in [0.25, 0.3) is 0 Å². The lowest BCUT2D eigenvalue weighted by Gasteiger charge is -2.05. The Kier molecular flexibility index (Phi) is 3.58. The van der Waals surface area contributed by atoms with Gasteiger partial charge in [0.25, 0.3) is 0 Å². The van der Waals surface area contributed by atoms with Crippen LogP contribution in [0, 0.1) is 12.0 Å². The number of carbonyl (C=O) groups is 1. The first-order valence-corrected chi connectivity index (χ1v) is 4.19. The van der Waals surface area contributed by atoms with Gasteiger partial charge < -0.3 is 14.6 Å². The molecule has 78 valence electrons. The Hall–Kier alpha value is -2.15. The van der Waals surface area contributed by atoms with Crippen LogP contribution in [0.1, 0.15) is 17.3 Å². The van der Waals surface area contributed by atoms with E-state index in [-0.39, 0.29) is 17.1 Å². The standard InChI is InChI=1S/C11H10O4/c1-3-7-15-9-6-4-5-8(10(9)12)11(13)14-2/h4-6,12H,1-2H3. The van der Waals surface area contributed by atoms with Crippen LogP contribution in [-0.4, -0.2) is 18.2 Å². The molecule has 0 atom stereocenters. The van der Waals surface area contributed by atoms with Crippen LogP contribution >= 0.6 is 0 Å². The zero-order chi connectivity index (χ0) is 11.3. The number of carbonyl (C=O) groups excluding carboxylic acids is 1. The van der Waals surface area contributed by atoms with E-state index < -0.39 is 5.97 Å². The molecule has 0 radical (unpaired) electrons. The number of methoxy groups -OCH3 is 1. The number of hydrogen-bond acceptors (Lipinski definition) is 4. The Morgan fingerprint density at radius 1 is 1.47 bits per heavy atom. The summed E-state index contributed by atoms with van der Waals surface area (Å²) in [5.74, 6) is 1.74. The average Bonchev–Trinajstić information content (AvgIpc) is 2.27. The highest BCUT2D eigenvalue weighted by atomic mass is 16.5. The number of benzene rings is 1. The van der Waals surface area contributed by atoms with Gasteiger partial charge >= 0.3 is 5.97 Å². The van der Waals surface area contributed by atoms with Gasteiger partial charge in [0.1, 0.15) is 11.7 Å². The molecule has 1 rings (SSSR count). The van der Waals surface area contributed by atoms with Crippen molar-refractivity contribution >= 4 is 5.97 Å². The van der Waals surface area contributed by atoms with Gasteiger partial charge in [0.05, 0.1) is 7.11 Å². The van der Waals surface area contributed by atoms with Crippen molar-refractivity contribution in [1.82, 2.24) is 0 Å². The Morgan fingerprint density at radius 2 is 2.20 bits per heavy atom. The second-order valence-corrected chi connectivity index (χ2v) is 2.60. The van der Waals surface area contributed by atoms with Crippen molar-refractivity contribution in [3.05, 3.63) is 23.8 Å². The molecule has 0 unspecified atom stereocenters. The van der Waals surface area contributed by atoms with Crippen molar-refractivity contribution in [3.63, 3.8) is 0 Å². The summed E-state index contributed by atoms with van der Waals surface area (Å²) in [6, 6.07) is 4.51. The van der Waals surface area contributed by atoms with E-state index in [1.165, 1.54) is 19.2 Å². The summed E-state index contributed by atoms with van der Waals surface area (Å²) in [6.45, 7) is 1.60. The molecule has 0 amide bonds. The molecule has 0 heterocycles. The number of phenolic OH excluding ortho intramolecular Hbond substituents is 1. The molecule has 0 bridgehead atoms. The van der Waals surface area contributed by atoms with Crippen LogP contribution in [0.2, 0.25) is 0 Å². The van der Waals surface area contributed by atoms with E-state index in [1.807, 2.05) is 0 Å². The molecule has 4 heteroatoms. The van der Waals surface area contributed by atoms with E-state index in [0.717, 1.165) is 0 Å². The molecule has 0 aliphatic carbocycles. The Labute approximate surface area is 87.4 Å². The zero-order valence-corrected chi connectivity index (χ0v) is 8.40. The molecule has 1 aromatic carbocycles. The van der Waals surface area contributed by atoms with Gasteiger partial charge in [-0.2, -0.15) is 0 Å². The van der Waals surface area contributed by atoms with Gasteiger partial charge in [-0.1, -0.05) is 12.0 Å². The van der Waals surface area contributed by atoms with Crippen molar-refractivity contribution in [2.24, 2.45) is 0 Å². The normalized spacial score (nSPS) is 8.67. The fourth-order valence-electron chi connectivity index (χ4n) is 0.985. The summed E-state index contributed by atoms with van der Waals surface area (Å²) in [6.07, 6.45) is 2.33. The number of ether oxygens (including phenoxy) is 2. The highest BCUT2D eigenvalue weighted by Crippen LogP contribution is 2.29. The largest absolute Gasteiger partial charge is 0.504 e. The van der Waals surface area contributed by atoms with Gasteiger partial charge in [-0.05, 0) is 12.1 Å². The molecule has 0 aliphatic heterocycles. The van der Waals surface area contributed by atoms with Crippen molar-refractivity contribution < 1.29 is 19.4 Å². The molecule has 0 spiro atoms. The van der Waals surface area contributed by atoms with Crippen molar-refractivity contribution in [1.29, 1.82) is 0 Å². The first-order valence-electron chi connectivity index (χ1n) is 4.19. The van der Waals surface area contributed by atoms with Crippen LogP contribution in [0.4, 0.5) is 0 Å². The number of phenols is 1. The molecule has 0 saturated heterocycles. The Balaban J connectivity index is 3.09. The molecule has 0 fully saturated rings. The predicted octanol–water partition coefficient (Wildman–Crippen LogP) is 1.54. The number of hydrogen-bond donors (Lipinski definition) is 1.